The zero-order valence-electron chi connectivity index (χ0n) is 55.3. The van der Waals surface area contributed by atoms with Gasteiger partial charge in [-0.1, -0.05) is 44.6 Å². The van der Waals surface area contributed by atoms with E-state index >= 15 is 4.39 Å². The van der Waals surface area contributed by atoms with E-state index in [1.165, 1.54) is 10.6 Å². The lowest BCUT2D eigenvalue weighted by molar-refractivity contribution is -0.172. The number of alkyl carbamates (subject to hydrolysis) is 1. The summed E-state index contributed by atoms with van der Waals surface area (Å²) >= 11 is 0. The van der Waals surface area contributed by atoms with Crippen LogP contribution >= 0.6 is 0 Å². The summed E-state index contributed by atoms with van der Waals surface area (Å²) in [4.78, 5) is 89.1. The quantitative estimate of drug-likeness (QED) is 0.00881. The van der Waals surface area contributed by atoms with Crippen molar-refractivity contribution in [1.29, 1.82) is 0 Å². The number of hydrogen-bond acceptors (Lipinski definition) is 22. The second kappa shape index (κ2) is 39.4. The van der Waals surface area contributed by atoms with Crippen molar-refractivity contribution in [3.63, 3.8) is 0 Å². The number of cyclic esters (lactones) is 1. The van der Waals surface area contributed by atoms with Crippen molar-refractivity contribution in [3.8, 4) is 11.4 Å². The van der Waals surface area contributed by atoms with Gasteiger partial charge in [-0.2, -0.15) is 0 Å². The number of pyridine rings is 2. The number of benzene rings is 2. The van der Waals surface area contributed by atoms with Crippen LogP contribution in [0.5, 0.6) is 0 Å². The fourth-order valence-electron chi connectivity index (χ4n) is 11.2. The predicted octanol–water partition coefficient (Wildman–Crippen LogP) is 5.04. The Hall–Kier alpha value is -7.87. The number of aliphatic hydroxyl groups is 1. The third-order valence-electron chi connectivity index (χ3n) is 16.3. The van der Waals surface area contributed by atoms with E-state index in [4.69, 9.17) is 68.4 Å². The summed E-state index contributed by atoms with van der Waals surface area (Å²) in [7, 11) is 0. The normalized spacial score (nSPS) is 15.8. The Morgan fingerprint density at radius 2 is 1.41 bits per heavy atom. The summed E-state index contributed by atoms with van der Waals surface area (Å²) in [6.07, 6.45) is 1.39. The monoisotopic (exact) mass is 1350 g/mol. The highest BCUT2D eigenvalue weighted by molar-refractivity contribution is 5.98. The number of nitrogens with zero attached hydrogens (tertiary/aromatic N) is 5. The molecular weight excluding hydrogens is 1250 g/mol. The first-order valence-electron chi connectivity index (χ1n) is 32.6. The molecule has 0 unspecified atom stereocenters. The molecule has 4 amide bonds. The molecule has 3 aliphatic rings. The molecule has 0 spiro atoms. The van der Waals surface area contributed by atoms with Crippen LogP contribution in [0.2, 0.25) is 0 Å². The average molecular weight is 1350 g/mol. The topological polar surface area (TPSA) is 377 Å². The van der Waals surface area contributed by atoms with E-state index in [1.807, 2.05) is 0 Å². The minimum absolute atomic E-state index is 0.0187. The third kappa shape index (κ3) is 22.1. The highest BCUT2D eigenvalue weighted by Crippen LogP contribution is 2.46. The SMILES string of the molecule is C=C(N)NCCCC[C@H](NC(=O)[C@@H](NC(=O)CCOCCOCCOCCOCCOCCOCCOCCOCCOCCN=[N+]=[N-])C(C)C)C(=O)Nc1ccc(COC(=O)N[C@H]2CCc3c(C)c(F)cc4nc5c(c2c34)Cn2c-5cc3c(c2=O)COC(=O)[C@]3(O)CC)cc1. The molecule has 526 valence electrons. The lowest BCUT2D eigenvalue weighted by atomic mass is 9.81. The Labute approximate surface area is 556 Å². The fourth-order valence-corrected chi connectivity index (χ4v) is 11.2. The van der Waals surface area contributed by atoms with E-state index in [2.05, 4.69) is 43.2 Å². The van der Waals surface area contributed by atoms with Gasteiger partial charge in [0.2, 0.25) is 17.7 Å². The summed E-state index contributed by atoms with van der Waals surface area (Å²) in [5.41, 5.74) is 16.3. The van der Waals surface area contributed by atoms with E-state index in [-0.39, 0.29) is 75.9 Å². The number of nitrogens with two attached hydrogens (primary N) is 1. The van der Waals surface area contributed by atoms with Gasteiger partial charge in [0.25, 0.3) is 5.56 Å². The number of rotatable bonds is 46. The van der Waals surface area contributed by atoms with Gasteiger partial charge in [-0.25, -0.2) is 19.0 Å². The van der Waals surface area contributed by atoms with Crippen molar-refractivity contribution in [2.75, 3.05) is 137 Å². The average Bonchev–Trinajstić information content (AvgIpc) is 1.48. The second-order valence-electron chi connectivity index (χ2n) is 23.3. The van der Waals surface area contributed by atoms with Gasteiger partial charge < -0.3 is 94.1 Å². The molecule has 7 rings (SSSR count). The Morgan fingerprint density at radius 3 is 1.97 bits per heavy atom. The predicted molar refractivity (Wildman–Crippen MR) is 349 cm³/mol. The first-order valence-corrected chi connectivity index (χ1v) is 32.6. The minimum atomic E-state index is -2.04. The Morgan fingerprint density at radius 1 is 0.823 bits per heavy atom. The molecule has 30 heteroatoms. The summed E-state index contributed by atoms with van der Waals surface area (Å²) in [6, 6.07) is 6.98. The van der Waals surface area contributed by atoms with Crippen LogP contribution in [-0.4, -0.2) is 189 Å². The van der Waals surface area contributed by atoms with Crippen LogP contribution in [0, 0.1) is 18.7 Å². The number of aryl methyl sites for hydroxylation is 1. The number of esters is 1. The lowest BCUT2D eigenvalue weighted by Gasteiger charge is -2.31. The minimum Gasteiger partial charge on any atom is -0.458 e. The summed E-state index contributed by atoms with van der Waals surface area (Å²) in [5, 5.41) is 30.0. The molecule has 0 radical (unpaired) electrons. The summed E-state index contributed by atoms with van der Waals surface area (Å²) in [6.45, 7) is 17.7. The van der Waals surface area contributed by atoms with Gasteiger partial charge >= 0.3 is 12.1 Å². The van der Waals surface area contributed by atoms with Gasteiger partial charge in [-0.15, -0.1) is 0 Å². The molecule has 8 N–H and O–H groups in total. The number of hydrogen-bond donors (Lipinski definition) is 7. The van der Waals surface area contributed by atoms with E-state index in [9.17, 15) is 33.9 Å². The molecule has 2 aromatic carbocycles. The molecular formula is C66H92FN11O18. The molecule has 4 atom stereocenters. The number of carbonyl (C=O) groups excluding carboxylic acids is 5. The van der Waals surface area contributed by atoms with Crippen LogP contribution in [0.3, 0.4) is 0 Å². The number of amides is 4. The molecule has 0 saturated carbocycles. The van der Waals surface area contributed by atoms with Crippen LogP contribution in [0.1, 0.15) is 104 Å². The zero-order chi connectivity index (χ0) is 68.8. The number of azide groups is 1. The molecule has 0 saturated heterocycles. The third-order valence-corrected chi connectivity index (χ3v) is 16.3. The number of anilines is 1. The zero-order valence-corrected chi connectivity index (χ0v) is 55.3. The van der Waals surface area contributed by atoms with Crippen LogP contribution in [-0.2, 0) is 103 Å². The second-order valence-corrected chi connectivity index (χ2v) is 23.3. The first-order chi connectivity index (χ1) is 46.4. The van der Waals surface area contributed by atoms with Gasteiger partial charge in [0, 0.05) is 52.7 Å². The van der Waals surface area contributed by atoms with Crippen LogP contribution in [0.4, 0.5) is 14.9 Å². The number of aromatic nitrogens is 2. The molecule has 29 nitrogen and oxygen atoms in total. The van der Waals surface area contributed by atoms with E-state index in [0.717, 1.165) is 5.56 Å². The maximum atomic E-state index is 15.5. The van der Waals surface area contributed by atoms with Gasteiger partial charge in [-0.3, -0.25) is 19.2 Å². The standard InChI is InChI=1S/C66H92FN11O18/c1-6-66(85)50-37-55-60-48(39-78(55)63(82)49(50)41-95-64(66)83)58-52(15-14-47-43(4)51(67)38-54(73-60)57(47)58)75-65(84)96-40-45-10-12-46(13-11-45)72-61(80)53(9-7-8-17-70-44(5)68)74-62(81)59(42(2)3)76-56(79)16-19-86-21-23-88-25-27-90-29-31-92-33-35-94-36-34-93-32-30-91-28-26-89-24-22-87-20-18-71-77-69/h10-13,37-38,42,52-53,59,70,85H,5-9,14-36,39-41,68H2,1-4H3,(H,72,80)(H,74,81)(H,75,84)(H,76,79)/t52-,53-,59-,66-/m0/s1. The van der Waals surface area contributed by atoms with Gasteiger partial charge in [0.15, 0.2) is 5.60 Å². The lowest BCUT2D eigenvalue weighted by Crippen LogP contribution is -2.54. The van der Waals surface area contributed by atoms with Crippen LogP contribution < -0.4 is 37.9 Å². The summed E-state index contributed by atoms with van der Waals surface area (Å²) in [5.74, 6) is -2.78. The fraction of sp³-hybridized carbons (Fsp3) is 0.591. The molecule has 2 aromatic heterocycles. The van der Waals surface area contributed by atoms with Crippen molar-refractivity contribution in [1.82, 2.24) is 30.8 Å². The number of nitrogens with one attached hydrogen (secondary N) is 5. The molecule has 4 aromatic rings. The number of halogens is 1. The summed E-state index contributed by atoms with van der Waals surface area (Å²) < 4.78 is 77.3. The van der Waals surface area contributed by atoms with E-state index in [1.54, 1.807) is 58.0 Å². The van der Waals surface area contributed by atoms with Crippen molar-refractivity contribution in [2.45, 2.75) is 116 Å². The molecule has 4 heterocycles. The maximum Gasteiger partial charge on any atom is 0.407 e. The number of fused-ring (bicyclic) bond motifs is 5. The molecule has 0 bridgehead atoms. The molecule has 0 fully saturated rings. The number of unbranched alkanes of at least 4 members (excludes halogenated alkanes) is 1. The van der Waals surface area contributed by atoms with Crippen LogP contribution in [0.15, 0.2) is 58.7 Å². The Balaban J connectivity index is 0.787. The van der Waals surface area contributed by atoms with Crippen molar-refractivity contribution in [2.24, 2.45) is 16.8 Å². The Bertz CT molecular complexity index is 3370. The van der Waals surface area contributed by atoms with Crippen molar-refractivity contribution >= 4 is 46.4 Å². The van der Waals surface area contributed by atoms with E-state index in [0.29, 0.717) is 194 Å². The highest BCUT2D eigenvalue weighted by atomic mass is 19.1. The van der Waals surface area contributed by atoms with E-state index < -0.39 is 64.9 Å². The largest absolute Gasteiger partial charge is 0.458 e. The van der Waals surface area contributed by atoms with Crippen molar-refractivity contribution < 1.29 is 85.6 Å². The number of carbonyl (C=O) groups is 5. The molecule has 2 aliphatic heterocycles. The van der Waals surface area contributed by atoms with Gasteiger partial charge in [0.1, 0.15) is 31.1 Å². The van der Waals surface area contributed by atoms with Crippen molar-refractivity contribution in [3.05, 3.63) is 114 Å². The highest BCUT2D eigenvalue weighted by Gasteiger charge is 2.46. The number of ether oxygens (including phenoxy) is 11. The van der Waals surface area contributed by atoms with Crippen LogP contribution in [0.25, 0.3) is 32.7 Å². The smallest absolute Gasteiger partial charge is 0.407 e. The molecule has 96 heavy (non-hydrogen) atoms. The first kappa shape index (κ1) is 75.5. The maximum absolute atomic E-state index is 15.5. The Kier molecular flexibility index (Phi) is 31.0. The molecule has 1 aliphatic carbocycles. The van der Waals surface area contributed by atoms with Gasteiger partial charge in [-0.05, 0) is 97.4 Å². The van der Waals surface area contributed by atoms with Gasteiger partial charge in [0.05, 0.1) is 160 Å².